The Hall–Kier alpha value is -3.98. The molecule has 0 amide bonds. The van der Waals surface area contributed by atoms with Gasteiger partial charge in [-0.05, 0) is 35.4 Å². The van der Waals surface area contributed by atoms with E-state index in [1.165, 1.54) is 24.3 Å². The quantitative estimate of drug-likeness (QED) is 0.251. The molecule has 3 aromatic carbocycles. The maximum atomic E-state index is 13.6. The number of nitro benzene ring substituents is 1. The Labute approximate surface area is 161 Å². The number of allylic oxidation sites excluding steroid dienone is 1. The lowest BCUT2D eigenvalue weighted by molar-refractivity contribution is -0.384. The molecule has 0 radical (unpaired) electrons. The van der Waals surface area contributed by atoms with Gasteiger partial charge in [-0.2, -0.15) is 5.26 Å². The minimum Gasteiger partial charge on any atom is -0.489 e. The zero-order chi connectivity index (χ0) is 19.9. The van der Waals surface area contributed by atoms with Gasteiger partial charge in [0.2, 0.25) is 0 Å². The van der Waals surface area contributed by atoms with Crippen LogP contribution in [0.15, 0.2) is 72.8 Å². The van der Waals surface area contributed by atoms with Gasteiger partial charge < -0.3 is 4.74 Å². The van der Waals surface area contributed by atoms with E-state index in [4.69, 9.17) is 4.74 Å². The molecule has 0 spiro atoms. The van der Waals surface area contributed by atoms with Gasteiger partial charge in [-0.3, -0.25) is 10.1 Å². The van der Waals surface area contributed by atoms with Crippen molar-refractivity contribution in [3.05, 3.63) is 105 Å². The predicted octanol–water partition coefficient (Wildman–Crippen LogP) is 5.38. The van der Waals surface area contributed by atoms with E-state index in [1.54, 1.807) is 54.6 Å². The Morgan fingerprint density at radius 3 is 2.54 bits per heavy atom. The van der Waals surface area contributed by atoms with E-state index >= 15 is 0 Å². The molecule has 0 N–H and O–H groups in total. The van der Waals surface area contributed by atoms with Crippen molar-refractivity contribution in [1.82, 2.24) is 0 Å². The van der Waals surface area contributed by atoms with Crippen LogP contribution in [0.25, 0.3) is 11.6 Å². The highest BCUT2D eigenvalue weighted by Crippen LogP contribution is 2.23. The summed E-state index contributed by atoms with van der Waals surface area (Å²) in [6.45, 7) is 0.110. The van der Waals surface area contributed by atoms with Crippen LogP contribution < -0.4 is 4.74 Å². The molecule has 0 aliphatic carbocycles. The van der Waals surface area contributed by atoms with E-state index in [2.05, 4.69) is 6.07 Å². The molecule has 138 valence electrons. The van der Waals surface area contributed by atoms with Crippen molar-refractivity contribution in [3.63, 3.8) is 0 Å². The van der Waals surface area contributed by atoms with Gasteiger partial charge in [-0.1, -0.05) is 42.5 Å². The standard InChI is InChI=1S/C22H15FN2O3/c23-22-7-2-1-4-18(22)15-28-21-10-8-16(9-11-21)12-19(14-24)17-5-3-6-20(13-17)25(26)27/h1-13H,15H2/b19-12-. The molecule has 6 heteroatoms. The van der Waals surface area contributed by atoms with E-state index in [1.807, 2.05) is 0 Å². The van der Waals surface area contributed by atoms with E-state index in [9.17, 15) is 19.8 Å². The monoisotopic (exact) mass is 374 g/mol. The van der Waals surface area contributed by atoms with Crippen LogP contribution in [0.2, 0.25) is 0 Å². The summed E-state index contributed by atoms with van der Waals surface area (Å²) in [4.78, 5) is 10.4. The maximum absolute atomic E-state index is 13.6. The minimum absolute atomic E-state index is 0.0736. The number of hydrogen-bond donors (Lipinski definition) is 0. The molecule has 0 heterocycles. The number of nitriles is 1. The molecule has 0 aliphatic rings. The number of ether oxygens (including phenoxy) is 1. The first-order valence-electron chi connectivity index (χ1n) is 8.40. The highest BCUT2D eigenvalue weighted by molar-refractivity contribution is 5.90. The van der Waals surface area contributed by atoms with Crippen LogP contribution in [0.4, 0.5) is 10.1 Å². The van der Waals surface area contributed by atoms with Crippen LogP contribution in [-0.2, 0) is 6.61 Å². The second kappa shape index (κ2) is 8.60. The number of nitrogens with zero attached hydrogens (tertiary/aromatic N) is 2. The summed E-state index contributed by atoms with van der Waals surface area (Å²) < 4.78 is 19.2. The van der Waals surface area contributed by atoms with Crippen molar-refractivity contribution in [2.45, 2.75) is 6.61 Å². The molecule has 0 saturated carbocycles. The molecular weight excluding hydrogens is 359 g/mol. The molecule has 0 aromatic heterocycles. The van der Waals surface area contributed by atoms with Crippen molar-refractivity contribution >= 4 is 17.3 Å². The fourth-order valence-electron chi connectivity index (χ4n) is 2.57. The summed E-state index contributed by atoms with van der Waals surface area (Å²) in [5, 5.41) is 20.3. The number of nitro groups is 1. The summed E-state index contributed by atoms with van der Waals surface area (Å²) in [6.07, 6.45) is 1.64. The zero-order valence-electron chi connectivity index (χ0n) is 14.7. The van der Waals surface area contributed by atoms with Gasteiger partial charge in [0.15, 0.2) is 0 Å². The zero-order valence-corrected chi connectivity index (χ0v) is 14.7. The molecule has 0 fully saturated rings. The van der Waals surface area contributed by atoms with Crippen LogP contribution in [0.3, 0.4) is 0 Å². The summed E-state index contributed by atoms with van der Waals surface area (Å²) in [7, 11) is 0. The lowest BCUT2D eigenvalue weighted by Crippen LogP contribution is -1.98. The Morgan fingerprint density at radius 1 is 1.11 bits per heavy atom. The largest absolute Gasteiger partial charge is 0.489 e. The highest BCUT2D eigenvalue weighted by Gasteiger charge is 2.09. The predicted molar refractivity (Wildman–Crippen MR) is 104 cm³/mol. The Kier molecular flexibility index (Phi) is 5.78. The molecular formula is C22H15FN2O3. The molecule has 0 atom stereocenters. The van der Waals surface area contributed by atoms with Gasteiger partial charge in [-0.15, -0.1) is 0 Å². The first-order chi connectivity index (χ1) is 13.6. The fraction of sp³-hybridized carbons (Fsp3) is 0.0455. The summed E-state index contributed by atoms with van der Waals surface area (Å²) >= 11 is 0. The average Bonchev–Trinajstić information content (AvgIpc) is 2.72. The number of rotatable bonds is 6. The van der Waals surface area contributed by atoms with Crippen molar-refractivity contribution in [3.8, 4) is 11.8 Å². The molecule has 0 bridgehead atoms. The summed E-state index contributed by atoms with van der Waals surface area (Å²) in [6, 6.07) is 21.3. The normalized spacial score (nSPS) is 10.9. The second-order valence-corrected chi connectivity index (χ2v) is 5.93. The third-order valence-corrected chi connectivity index (χ3v) is 4.03. The van der Waals surface area contributed by atoms with Crippen molar-refractivity contribution < 1.29 is 14.1 Å². The van der Waals surface area contributed by atoms with Gasteiger partial charge in [0.25, 0.3) is 5.69 Å². The number of non-ortho nitro benzene ring substituents is 1. The van der Waals surface area contributed by atoms with Crippen LogP contribution >= 0.6 is 0 Å². The molecule has 3 rings (SSSR count). The average molecular weight is 374 g/mol. The molecule has 3 aromatic rings. The van der Waals surface area contributed by atoms with E-state index in [0.29, 0.717) is 22.4 Å². The Morgan fingerprint density at radius 2 is 1.86 bits per heavy atom. The molecule has 28 heavy (non-hydrogen) atoms. The smallest absolute Gasteiger partial charge is 0.270 e. The van der Waals surface area contributed by atoms with Gasteiger partial charge in [0, 0.05) is 17.7 Å². The molecule has 5 nitrogen and oxygen atoms in total. The van der Waals surface area contributed by atoms with E-state index in [-0.39, 0.29) is 18.1 Å². The van der Waals surface area contributed by atoms with E-state index in [0.717, 1.165) is 5.56 Å². The van der Waals surface area contributed by atoms with Crippen molar-refractivity contribution in [1.29, 1.82) is 5.26 Å². The maximum Gasteiger partial charge on any atom is 0.270 e. The molecule has 0 saturated heterocycles. The van der Waals surface area contributed by atoms with Crippen LogP contribution in [0, 0.1) is 27.3 Å². The van der Waals surface area contributed by atoms with E-state index < -0.39 is 4.92 Å². The summed E-state index contributed by atoms with van der Waals surface area (Å²) in [5.74, 6) is 0.243. The minimum atomic E-state index is -0.500. The Bertz CT molecular complexity index is 1070. The Balaban J connectivity index is 1.75. The van der Waals surface area contributed by atoms with Crippen LogP contribution in [0.5, 0.6) is 5.75 Å². The number of benzene rings is 3. The highest BCUT2D eigenvalue weighted by atomic mass is 19.1. The molecule has 0 aliphatic heterocycles. The lowest BCUT2D eigenvalue weighted by atomic mass is 10.0. The van der Waals surface area contributed by atoms with Gasteiger partial charge in [0.1, 0.15) is 18.2 Å². The van der Waals surface area contributed by atoms with Crippen LogP contribution in [0.1, 0.15) is 16.7 Å². The number of hydrogen-bond acceptors (Lipinski definition) is 4. The first-order valence-corrected chi connectivity index (χ1v) is 8.40. The van der Waals surface area contributed by atoms with Crippen LogP contribution in [-0.4, -0.2) is 4.92 Å². The lowest BCUT2D eigenvalue weighted by Gasteiger charge is -2.07. The van der Waals surface area contributed by atoms with Crippen molar-refractivity contribution in [2.75, 3.05) is 0 Å². The van der Waals surface area contributed by atoms with Gasteiger partial charge in [0.05, 0.1) is 16.6 Å². The number of halogens is 1. The topological polar surface area (TPSA) is 76.2 Å². The molecule has 0 unspecified atom stereocenters. The van der Waals surface area contributed by atoms with Gasteiger partial charge in [-0.25, -0.2) is 4.39 Å². The third-order valence-electron chi connectivity index (χ3n) is 4.03. The fourth-order valence-corrected chi connectivity index (χ4v) is 2.57. The SMILES string of the molecule is N#C/C(=C/c1ccc(OCc2ccccc2F)cc1)c1cccc([N+](=O)[O-])c1. The second-order valence-electron chi connectivity index (χ2n) is 5.93. The van der Waals surface area contributed by atoms with Crippen molar-refractivity contribution in [2.24, 2.45) is 0 Å². The summed E-state index contributed by atoms with van der Waals surface area (Å²) in [5.41, 5.74) is 1.90. The van der Waals surface area contributed by atoms with Gasteiger partial charge >= 0.3 is 0 Å². The first kappa shape index (κ1) is 18.8. The third kappa shape index (κ3) is 4.59.